The van der Waals surface area contributed by atoms with E-state index in [2.05, 4.69) is 157 Å². The first-order valence-electron chi connectivity index (χ1n) is 36.4. The molecular weight excluding hydrogens is 1280 g/mol. The van der Waals surface area contributed by atoms with Gasteiger partial charge >= 0.3 is 0 Å². The van der Waals surface area contributed by atoms with Crippen molar-refractivity contribution in [2.45, 2.75) is 78.6 Å². The van der Waals surface area contributed by atoms with Gasteiger partial charge in [0.2, 0.25) is 0 Å². The number of fused-ring (bicyclic) bond motifs is 10. The van der Waals surface area contributed by atoms with Crippen LogP contribution in [0.15, 0.2) is 249 Å². The Morgan fingerprint density at radius 2 is 0.978 bits per heavy atom. The molecule has 0 saturated heterocycles. The van der Waals surface area contributed by atoms with E-state index in [0.29, 0.717) is 39.3 Å². The third-order valence-corrected chi connectivity index (χ3v) is 16.9. The molecule has 0 bridgehead atoms. The van der Waals surface area contributed by atoms with E-state index in [4.69, 9.17) is 17.9 Å². The minimum absolute atomic E-state index is 0. The van der Waals surface area contributed by atoms with Gasteiger partial charge in [0.15, 0.2) is 0 Å². The second kappa shape index (κ2) is 22.4. The van der Waals surface area contributed by atoms with Crippen LogP contribution in [0.1, 0.15) is 96.8 Å². The van der Waals surface area contributed by atoms with E-state index in [1.165, 1.54) is 0 Å². The predicted octanol–water partition coefficient (Wildman–Crippen LogP) is 21.5. The van der Waals surface area contributed by atoms with E-state index in [0.717, 1.165) is 83.4 Å². The van der Waals surface area contributed by atoms with Crippen molar-refractivity contribution in [3.05, 3.63) is 284 Å². The Hall–Kier alpha value is -9.67. The topological polar surface area (TPSA) is 35.9 Å². The smallest absolute Gasteiger partial charge is 0.268 e. The van der Waals surface area contributed by atoms with Crippen LogP contribution in [0.25, 0.3) is 128 Å². The van der Waals surface area contributed by atoms with Gasteiger partial charge in [-0.2, -0.15) is 18.2 Å². The number of aromatic nitrogens is 4. The van der Waals surface area contributed by atoms with Gasteiger partial charge < -0.3 is 13.9 Å². The predicted molar refractivity (Wildman–Crippen MR) is 368 cm³/mol. The molecule has 0 saturated carbocycles. The minimum Gasteiger partial charge on any atom is -0.510 e. The molecule has 1 aliphatic rings. The number of pyridine rings is 1. The van der Waals surface area contributed by atoms with Crippen molar-refractivity contribution >= 4 is 32.8 Å². The molecular formula is C84H68N4OPt-2. The monoisotopic (exact) mass is 1360 g/mol. The molecule has 0 spiro atoms. The molecule has 0 unspecified atom stereocenters. The van der Waals surface area contributed by atoms with E-state index in [9.17, 15) is 9.60 Å². The Labute approximate surface area is 561 Å². The van der Waals surface area contributed by atoms with Gasteiger partial charge in [-0.15, -0.1) is 29.7 Å². The maximum atomic E-state index is 10.4. The number of nitrogens with zero attached hydrogens (tertiary/aromatic N) is 4. The van der Waals surface area contributed by atoms with E-state index in [1.54, 1.807) is 12.1 Å². The van der Waals surface area contributed by atoms with E-state index < -0.39 is 101 Å². The molecule has 11 aromatic carbocycles. The summed E-state index contributed by atoms with van der Waals surface area (Å²) in [7, 11) is 0. The first kappa shape index (κ1) is 44.7. The van der Waals surface area contributed by atoms with Crippen LogP contribution in [0, 0.1) is 18.5 Å². The number of para-hydroxylation sites is 2. The molecule has 1 aliphatic heterocycles. The summed E-state index contributed by atoms with van der Waals surface area (Å²) in [4.78, 5) is 4.90. The summed E-state index contributed by atoms with van der Waals surface area (Å²) in [6, 6.07) is 52.5. The Balaban J connectivity index is 0.00000897. The van der Waals surface area contributed by atoms with Crippen LogP contribution in [-0.4, -0.2) is 14.1 Å². The molecule has 5 nitrogen and oxygen atoms in total. The van der Waals surface area contributed by atoms with Gasteiger partial charge in [0.1, 0.15) is 5.82 Å². The van der Waals surface area contributed by atoms with Gasteiger partial charge in [-0.1, -0.05) is 237 Å². The van der Waals surface area contributed by atoms with Gasteiger partial charge in [-0.05, 0) is 164 Å². The van der Waals surface area contributed by atoms with Crippen LogP contribution < -0.4 is 9.30 Å². The summed E-state index contributed by atoms with van der Waals surface area (Å²) in [5, 5.41) is 1.96. The first-order valence-corrected chi connectivity index (χ1v) is 29.9. The molecule has 3 aromatic heterocycles. The first-order chi connectivity index (χ1) is 48.4. The van der Waals surface area contributed by atoms with Gasteiger partial charge in [-0.3, -0.25) is 4.57 Å². The molecule has 442 valence electrons. The molecule has 90 heavy (non-hydrogen) atoms. The van der Waals surface area contributed by atoms with Crippen LogP contribution in [0.5, 0.6) is 11.5 Å². The number of hydrogen-bond donors (Lipinski definition) is 0. The van der Waals surface area contributed by atoms with Crippen LogP contribution in [-0.2, 0) is 37.3 Å². The third-order valence-electron chi connectivity index (χ3n) is 16.9. The fraction of sp³-hybridized carbons (Fsp3) is 0.143. The third kappa shape index (κ3) is 10.4. The molecule has 14 aromatic rings. The van der Waals surface area contributed by atoms with Gasteiger partial charge in [0, 0.05) is 44.3 Å². The van der Waals surface area contributed by atoms with Crippen molar-refractivity contribution in [3.8, 4) is 107 Å². The van der Waals surface area contributed by atoms with Crippen molar-refractivity contribution in [3.63, 3.8) is 0 Å². The Morgan fingerprint density at radius 1 is 0.433 bits per heavy atom. The van der Waals surface area contributed by atoms with Crippen molar-refractivity contribution in [2.75, 3.05) is 0 Å². The van der Waals surface area contributed by atoms with E-state index in [-0.39, 0.29) is 48.4 Å². The minimum atomic E-state index is -0.752. The van der Waals surface area contributed by atoms with Gasteiger partial charge in [-0.25, -0.2) is 4.98 Å². The normalized spacial score (nSPS) is 14.2. The summed E-state index contributed by atoms with van der Waals surface area (Å²) in [6.45, 7) is 19.8. The Morgan fingerprint density at radius 3 is 1.61 bits per heavy atom. The SMILES string of the molecule is [2H]c1c([2H])c([2H])c(-c2c([2H])c(-c3cc4c5c(c3)n(-c3[c-]c(Oc6[c-]c7c(cc6)c6ccccc6n7-c6cc(C(C)(C)C)ccn6)ccc3)[c-][n+]5-c3c(-c5cc(C(C)(C)C)cc(C(C)(C)C)c5)cccc3-c3ccccc3-c3ccccc3-4)c([2H])c(-c3c([2H])c([2H])c([2H])c([2H])c3[2H])c2[2H])c([2H])c1[2H].[Pt]. The van der Waals surface area contributed by atoms with Gasteiger partial charge in [0.05, 0.1) is 34.5 Å². The maximum Gasteiger partial charge on any atom is 0.268 e. The largest absolute Gasteiger partial charge is 0.510 e. The van der Waals surface area contributed by atoms with E-state index in [1.807, 2.05) is 95.7 Å². The molecule has 0 atom stereocenters. The standard InChI is InChI=1S/C84H68N4O.Pt/c1-82(2,3)61-40-41-85-79(50-61)88-76-37-21-20-34-72(76)73-39-38-66(52-77(73)88)89-65-29-22-28-64(51-65)86-53-87-80-67(60-45-62(83(4,5)6)49-63(46-60)84(7,8)9)35-23-36-74(80)70-32-18-16-30-68(70)69-31-17-19-33-71(69)75-47-59(48-78(86)81(75)87)58-43-56(54-24-12-10-13-25-54)42-57(44-58)55-26-14-11-15-27-55;/h10-50H,1-9H3;/q-2;/i10D,11D,12D,13D,14D,15D,24D,25D,26D,27D,42D,43D,44D;. The van der Waals surface area contributed by atoms with Crippen molar-refractivity contribution in [1.29, 1.82) is 0 Å². The zero-order chi connectivity index (χ0) is 72.2. The van der Waals surface area contributed by atoms with Crippen molar-refractivity contribution in [2.24, 2.45) is 0 Å². The molecule has 0 radical (unpaired) electrons. The van der Waals surface area contributed by atoms with Crippen molar-refractivity contribution < 1.29 is 48.2 Å². The molecule has 4 heterocycles. The quantitative estimate of drug-likeness (QED) is 0.112. The number of imidazole rings is 1. The summed E-state index contributed by atoms with van der Waals surface area (Å²) in [5.74, 6) is 1.43. The fourth-order valence-electron chi connectivity index (χ4n) is 12.2. The summed E-state index contributed by atoms with van der Waals surface area (Å²) in [5.41, 5.74) is 11.1. The van der Waals surface area contributed by atoms with Crippen molar-refractivity contribution in [1.82, 2.24) is 14.1 Å². The van der Waals surface area contributed by atoms with Crippen LogP contribution in [0.2, 0.25) is 0 Å². The number of benzene rings is 11. The summed E-state index contributed by atoms with van der Waals surface area (Å²) in [6.07, 6.45) is 5.71. The molecule has 6 heteroatoms. The molecule has 0 N–H and O–H groups in total. The van der Waals surface area contributed by atoms with Crippen LogP contribution >= 0.6 is 0 Å². The zero-order valence-corrected chi connectivity index (χ0v) is 53.5. The Kier molecular flexibility index (Phi) is 11.1. The zero-order valence-electron chi connectivity index (χ0n) is 64.2. The summed E-state index contributed by atoms with van der Waals surface area (Å²) >= 11 is 0. The summed E-state index contributed by atoms with van der Waals surface area (Å²) < 4.78 is 134. The number of hydrogen-bond acceptors (Lipinski definition) is 2. The van der Waals surface area contributed by atoms with E-state index >= 15 is 0 Å². The number of rotatable bonds is 8. The second-order valence-corrected chi connectivity index (χ2v) is 25.8. The van der Waals surface area contributed by atoms with Gasteiger partial charge in [0.25, 0.3) is 6.33 Å². The fourth-order valence-corrected chi connectivity index (χ4v) is 12.2. The maximum absolute atomic E-state index is 10.4. The second-order valence-electron chi connectivity index (χ2n) is 25.8. The average molecular weight is 1360 g/mol. The Bertz CT molecular complexity index is 5750. The molecule has 0 amide bonds. The average Bonchev–Trinajstić information content (AvgIpc) is 1.63. The number of ether oxygens (including phenoxy) is 1. The molecule has 0 aliphatic carbocycles. The van der Waals surface area contributed by atoms with Crippen LogP contribution in [0.3, 0.4) is 0 Å². The van der Waals surface area contributed by atoms with Crippen LogP contribution in [0.4, 0.5) is 0 Å². The molecule has 15 rings (SSSR count). The molecule has 0 fully saturated rings.